The second-order valence-electron chi connectivity index (χ2n) is 4.35. The van der Waals surface area contributed by atoms with Crippen LogP contribution in [0.15, 0.2) is 23.4 Å². The molecular formula is C12H13Cl2N3O3S. The summed E-state index contributed by atoms with van der Waals surface area (Å²) in [6, 6.07) is 5.32. The summed E-state index contributed by atoms with van der Waals surface area (Å²) in [7, 11) is 2.90. The standard InChI is InChI=1S/C12H13Cl2N3O3S/c1-8-3-4-9(7-10(8)13)11-15-16-12(21(14,18)19)17(11)5-6-20-2/h3-4,7H,5-6H2,1-2H3. The number of aromatic nitrogens is 3. The Morgan fingerprint density at radius 3 is 2.62 bits per heavy atom. The Kier molecular flexibility index (Phi) is 4.88. The molecule has 0 amide bonds. The first-order valence-corrected chi connectivity index (χ1v) is 8.66. The van der Waals surface area contributed by atoms with Crippen molar-refractivity contribution in [3.05, 3.63) is 28.8 Å². The van der Waals surface area contributed by atoms with Crippen LogP contribution in [0.5, 0.6) is 0 Å². The van der Waals surface area contributed by atoms with Crippen molar-refractivity contribution in [2.75, 3.05) is 13.7 Å². The molecule has 0 N–H and O–H groups in total. The van der Waals surface area contributed by atoms with Gasteiger partial charge in [-0.25, -0.2) is 8.42 Å². The number of hydrogen-bond donors (Lipinski definition) is 0. The molecule has 0 fully saturated rings. The Morgan fingerprint density at radius 2 is 2.05 bits per heavy atom. The molecule has 2 rings (SSSR count). The minimum absolute atomic E-state index is 0.256. The summed E-state index contributed by atoms with van der Waals surface area (Å²) in [6.07, 6.45) is 0. The third kappa shape index (κ3) is 3.55. The minimum atomic E-state index is -4.00. The summed E-state index contributed by atoms with van der Waals surface area (Å²) < 4.78 is 29.5. The Bertz CT molecular complexity index is 759. The molecule has 0 spiro atoms. The smallest absolute Gasteiger partial charge is 0.296 e. The first-order chi connectivity index (χ1) is 9.84. The van der Waals surface area contributed by atoms with Gasteiger partial charge in [-0.1, -0.05) is 23.7 Å². The summed E-state index contributed by atoms with van der Waals surface area (Å²) in [6.45, 7) is 2.42. The van der Waals surface area contributed by atoms with Gasteiger partial charge in [-0.15, -0.1) is 10.2 Å². The van der Waals surface area contributed by atoms with Crippen LogP contribution >= 0.6 is 22.3 Å². The Labute approximate surface area is 132 Å². The van der Waals surface area contributed by atoms with Gasteiger partial charge in [0.2, 0.25) is 0 Å². The monoisotopic (exact) mass is 349 g/mol. The lowest BCUT2D eigenvalue weighted by atomic mass is 10.1. The van der Waals surface area contributed by atoms with Crippen molar-refractivity contribution >= 4 is 31.3 Å². The first-order valence-electron chi connectivity index (χ1n) is 5.98. The maximum Gasteiger partial charge on any atom is 0.296 e. The van der Waals surface area contributed by atoms with E-state index in [1.54, 1.807) is 12.1 Å². The summed E-state index contributed by atoms with van der Waals surface area (Å²) in [5, 5.41) is 7.82. The number of nitrogens with zero attached hydrogens (tertiary/aromatic N) is 3. The van der Waals surface area contributed by atoms with E-state index >= 15 is 0 Å². The topological polar surface area (TPSA) is 74.1 Å². The summed E-state index contributed by atoms with van der Waals surface area (Å²) in [5.41, 5.74) is 1.56. The molecular weight excluding hydrogens is 337 g/mol. The molecule has 1 aromatic heterocycles. The van der Waals surface area contributed by atoms with Gasteiger partial charge in [0.05, 0.1) is 13.2 Å². The van der Waals surface area contributed by atoms with Crippen molar-refractivity contribution in [1.82, 2.24) is 14.8 Å². The van der Waals surface area contributed by atoms with Crippen LogP contribution in [0.25, 0.3) is 11.4 Å². The van der Waals surface area contributed by atoms with Gasteiger partial charge in [0.15, 0.2) is 5.82 Å². The van der Waals surface area contributed by atoms with Crippen molar-refractivity contribution in [1.29, 1.82) is 0 Å². The van der Waals surface area contributed by atoms with E-state index in [2.05, 4.69) is 10.2 Å². The van der Waals surface area contributed by atoms with Gasteiger partial charge < -0.3 is 4.74 Å². The third-order valence-electron chi connectivity index (χ3n) is 2.88. The number of benzene rings is 1. The normalized spacial score (nSPS) is 11.8. The quantitative estimate of drug-likeness (QED) is 0.775. The van der Waals surface area contributed by atoms with E-state index in [4.69, 9.17) is 27.0 Å². The molecule has 1 aromatic carbocycles. The number of hydrogen-bond acceptors (Lipinski definition) is 5. The van der Waals surface area contributed by atoms with Crippen molar-refractivity contribution in [2.24, 2.45) is 0 Å². The van der Waals surface area contributed by atoms with Crippen LogP contribution < -0.4 is 0 Å². The fourth-order valence-electron chi connectivity index (χ4n) is 1.80. The summed E-state index contributed by atoms with van der Waals surface area (Å²) in [5.74, 6) is 0.369. The number of aryl methyl sites for hydroxylation is 1. The number of methoxy groups -OCH3 is 1. The maximum atomic E-state index is 11.6. The molecule has 9 heteroatoms. The molecule has 21 heavy (non-hydrogen) atoms. The zero-order valence-corrected chi connectivity index (χ0v) is 13.7. The largest absolute Gasteiger partial charge is 0.383 e. The number of rotatable bonds is 5. The Balaban J connectivity index is 2.57. The first kappa shape index (κ1) is 16.2. The van der Waals surface area contributed by atoms with Gasteiger partial charge in [0.25, 0.3) is 14.2 Å². The molecule has 6 nitrogen and oxygen atoms in total. The van der Waals surface area contributed by atoms with Gasteiger partial charge in [-0.3, -0.25) is 4.57 Å². The fraction of sp³-hybridized carbons (Fsp3) is 0.333. The van der Waals surface area contributed by atoms with Crippen LogP contribution in [0.3, 0.4) is 0 Å². The summed E-state index contributed by atoms with van der Waals surface area (Å²) in [4.78, 5) is 0. The van der Waals surface area contributed by atoms with Crippen molar-refractivity contribution in [2.45, 2.75) is 18.6 Å². The molecule has 0 saturated heterocycles. The van der Waals surface area contributed by atoms with Crippen LogP contribution in [0.4, 0.5) is 0 Å². The lowest BCUT2D eigenvalue weighted by Crippen LogP contribution is -2.11. The third-order valence-corrected chi connectivity index (χ3v) is 4.44. The van der Waals surface area contributed by atoms with E-state index in [-0.39, 0.29) is 11.7 Å². The molecule has 0 aliphatic heterocycles. The molecule has 0 aliphatic carbocycles. The molecule has 2 aromatic rings. The molecule has 0 unspecified atom stereocenters. The van der Waals surface area contributed by atoms with Gasteiger partial charge in [0.1, 0.15) is 0 Å². The van der Waals surface area contributed by atoms with E-state index in [1.807, 2.05) is 13.0 Å². The van der Waals surface area contributed by atoms with Crippen molar-refractivity contribution < 1.29 is 13.2 Å². The molecule has 114 valence electrons. The highest BCUT2D eigenvalue weighted by atomic mass is 35.7. The van der Waals surface area contributed by atoms with E-state index in [0.717, 1.165) is 5.56 Å². The highest BCUT2D eigenvalue weighted by Gasteiger charge is 2.23. The molecule has 0 saturated carbocycles. The summed E-state index contributed by atoms with van der Waals surface area (Å²) >= 11 is 6.09. The lowest BCUT2D eigenvalue weighted by Gasteiger charge is -2.09. The highest BCUT2D eigenvalue weighted by molar-refractivity contribution is 8.13. The van der Waals surface area contributed by atoms with E-state index < -0.39 is 9.05 Å². The number of ether oxygens (including phenoxy) is 1. The predicted molar refractivity (Wildman–Crippen MR) is 80.1 cm³/mol. The fourth-order valence-corrected chi connectivity index (χ4v) is 2.90. The second kappa shape index (κ2) is 6.31. The maximum absolute atomic E-state index is 11.6. The van der Waals surface area contributed by atoms with Crippen LogP contribution in [-0.4, -0.2) is 36.9 Å². The van der Waals surface area contributed by atoms with Crippen molar-refractivity contribution in [3.8, 4) is 11.4 Å². The van der Waals surface area contributed by atoms with Crippen LogP contribution in [0.2, 0.25) is 5.02 Å². The van der Waals surface area contributed by atoms with E-state index in [0.29, 0.717) is 23.0 Å². The average Bonchev–Trinajstić information content (AvgIpc) is 2.83. The van der Waals surface area contributed by atoms with Gasteiger partial charge in [-0.2, -0.15) is 0 Å². The van der Waals surface area contributed by atoms with Crippen molar-refractivity contribution in [3.63, 3.8) is 0 Å². The lowest BCUT2D eigenvalue weighted by molar-refractivity contribution is 0.185. The zero-order chi connectivity index (χ0) is 15.6. The van der Waals surface area contributed by atoms with Gasteiger partial charge in [-0.05, 0) is 18.6 Å². The van der Waals surface area contributed by atoms with Gasteiger partial charge in [0, 0.05) is 28.4 Å². The molecule has 0 bridgehead atoms. The second-order valence-corrected chi connectivity index (χ2v) is 7.22. The highest BCUT2D eigenvalue weighted by Crippen LogP contribution is 2.26. The van der Waals surface area contributed by atoms with Crippen LogP contribution in [0.1, 0.15) is 5.56 Å². The van der Waals surface area contributed by atoms with E-state index in [1.165, 1.54) is 11.7 Å². The molecule has 0 radical (unpaired) electrons. The van der Waals surface area contributed by atoms with Crippen LogP contribution in [-0.2, 0) is 20.3 Å². The number of halogens is 2. The molecule has 0 atom stereocenters. The van der Waals surface area contributed by atoms with E-state index in [9.17, 15) is 8.42 Å². The molecule has 0 aliphatic rings. The molecule has 1 heterocycles. The average molecular weight is 350 g/mol. The minimum Gasteiger partial charge on any atom is -0.383 e. The zero-order valence-electron chi connectivity index (χ0n) is 11.4. The Morgan fingerprint density at radius 1 is 1.33 bits per heavy atom. The Hall–Kier alpha value is -1.15. The SMILES string of the molecule is COCCn1c(-c2ccc(C)c(Cl)c2)nnc1S(=O)(=O)Cl. The predicted octanol–water partition coefficient (Wildman–Crippen LogP) is 2.48. The van der Waals surface area contributed by atoms with Gasteiger partial charge >= 0.3 is 0 Å². The van der Waals surface area contributed by atoms with Crippen LogP contribution in [0, 0.1) is 6.92 Å².